The number of hydrogen-bond acceptors (Lipinski definition) is 6. The molecule has 0 saturated heterocycles. The Labute approximate surface area is 158 Å². The van der Waals surface area contributed by atoms with E-state index in [1.807, 2.05) is 19.1 Å². The van der Waals surface area contributed by atoms with E-state index in [0.717, 1.165) is 11.3 Å². The van der Waals surface area contributed by atoms with Gasteiger partial charge in [-0.25, -0.2) is 4.79 Å². The Hall–Kier alpha value is -2.32. The molecule has 1 N–H and O–H groups in total. The van der Waals surface area contributed by atoms with Crippen molar-refractivity contribution in [2.75, 3.05) is 41.6 Å². The van der Waals surface area contributed by atoms with Crippen molar-refractivity contribution in [2.45, 2.75) is 13.0 Å². The summed E-state index contributed by atoms with van der Waals surface area (Å²) < 4.78 is 20.9. The predicted molar refractivity (Wildman–Crippen MR) is 101 cm³/mol. The monoisotopic (exact) mass is 380 g/mol. The molecule has 0 radical (unpaired) electrons. The van der Waals surface area contributed by atoms with Crippen LogP contribution in [-0.4, -0.2) is 57.6 Å². The molecule has 1 heterocycles. The third-order valence-electron chi connectivity index (χ3n) is 4.24. The van der Waals surface area contributed by atoms with Crippen LogP contribution in [0.25, 0.3) is 0 Å². The molecule has 8 heteroatoms. The topological polar surface area (TPSA) is 69.3 Å². The lowest BCUT2D eigenvalue weighted by molar-refractivity contribution is -0.140. The summed E-state index contributed by atoms with van der Waals surface area (Å²) in [6.07, 6.45) is 0. The van der Waals surface area contributed by atoms with Gasteiger partial charge in [0.1, 0.15) is 6.61 Å². The van der Waals surface area contributed by atoms with Crippen molar-refractivity contribution in [3.8, 4) is 11.5 Å². The standard InChI is InChI=1S/C18H24N2O5S/c1-11-15(17(21)25-9-8-22-3)16(19-18(26)20(11)2)12-6-7-13(23-4)14(10-12)24-5/h6-7,10,16H,8-9H2,1-5H3,(H,19,26). The summed E-state index contributed by atoms with van der Waals surface area (Å²) in [6.45, 7) is 2.35. The number of carbonyl (C=O) groups excluding carboxylic acids is 1. The van der Waals surface area contributed by atoms with Gasteiger partial charge in [-0.2, -0.15) is 0 Å². The normalized spacial score (nSPS) is 17.0. The van der Waals surface area contributed by atoms with Crippen LogP contribution in [0.5, 0.6) is 11.5 Å². The number of rotatable bonds is 7. The van der Waals surface area contributed by atoms with Crippen LogP contribution in [0.15, 0.2) is 29.5 Å². The maximum Gasteiger partial charge on any atom is 0.338 e. The largest absolute Gasteiger partial charge is 0.493 e. The van der Waals surface area contributed by atoms with E-state index >= 15 is 0 Å². The lowest BCUT2D eigenvalue weighted by Gasteiger charge is -2.35. The summed E-state index contributed by atoms with van der Waals surface area (Å²) in [6, 6.07) is 5.03. The minimum Gasteiger partial charge on any atom is -0.493 e. The summed E-state index contributed by atoms with van der Waals surface area (Å²) in [5, 5.41) is 3.72. The Morgan fingerprint density at radius 2 is 1.88 bits per heavy atom. The Balaban J connectivity index is 2.43. The van der Waals surface area contributed by atoms with Gasteiger partial charge in [-0.05, 0) is 36.8 Å². The first kappa shape index (κ1) is 20.0. The number of thiocarbonyl (C=S) groups is 1. The SMILES string of the molecule is COCCOC(=O)C1=C(C)N(C)C(=S)NC1c1ccc(OC)c(OC)c1. The van der Waals surface area contributed by atoms with Gasteiger partial charge in [0.15, 0.2) is 16.6 Å². The first-order chi connectivity index (χ1) is 12.4. The highest BCUT2D eigenvalue weighted by Gasteiger charge is 2.33. The first-order valence-corrected chi connectivity index (χ1v) is 8.48. The van der Waals surface area contributed by atoms with E-state index < -0.39 is 12.0 Å². The van der Waals surface area contributed by atoms with Gasteiger partial charge in [0.05, 0.1) is 32.4 Å². The van der Waals surface area contributed by atoms with E-state index in [9.17, 15) is 4.79 Å². The van der Waals surface area contributed by atoms with Crippen molar-refractivity contribution in [3.05, 3.63) is 35.0 Å². The van der Waals surface area contributed by atoms with Crippen LogP contribution < -0.4 is 14.8 Å². The van der Waals surface area contributed by atoms with Gasteiger partial charge in [-0.1, -0.05) is 6.07 Å². The van der Waals surface area contributed by atoms with E-state index in [4.69, 9.17) is 31.2 Å². The third-order valence-corrected chi connectivity index (χ3v) is 4.63. The van der Waals surface area contributed by atoms with Crippen LogP contribution in [0.4, 0.5) is 0 Å². The second kappa shape index (κ2) is 8.86. The van der Waals surface area contributed by atoms with Crippen LogP contribution >= 0.6 is 12.2 Å². The second-order valence-electron chi connectivity index (χ2n) is 5.68. The molecule has 26 heavy (non-hydrogen) atoms. The molecule has 1 aliphatic heterocycles. The Kier molecular flexibility index (Phi) is 6.82. The molecule has 2 rings (SSSR count). The molecule has 0 bridgehead atoms. The number of benzene rings is 1. The number of carbonyl (C=O) groups is 1. The van der Waals surface area contributed by atoms with E-state index in [1.165, 1.54) is 0 Å². The Morgan fingerprint density at radius 3 is 2.50 bits per heavy atom. The molecule has 0 spiro atoms. The molecule has 1 aromatic rings. The summed E-state index contributed by atoms with van der Waals surface area (Å²) in [7, 11) is 6.50. The minimum absolute atomic E-state index is 0.179. The molecule has 1 atom stereocenters. The van der Waals surface area contributed by atoms with Crippen molar-refractivity contribution >= 4 is 23.3 Å². The number of esters is 1. The molecule has 142 valence electrons. The summed E-state index contributed by atoms with van der Waals surface area (Å²) in [4.78, 5) is 14.4. The molecule has 0 aromatic heterocycles. The fourth-order valence-corrected chi connectivity index (χ4v) is 2.93. The summed E-state index contributed by atoms with van der Waals surface area (Å²) in [5.74, 6) is 0.763. The number of ether oxygens (including phenoxy) is 4. The zero-order valence-electron chi connectivity index (χ0n) is 15.6. The highest BCUT2D eigenvalue weighted by molar-refractivity contribution is 7.80. The van der Waals surface area contributed by atoms with E-state index in [2.05, 4.69) is 5.32 Å². The molecule has 7 nitrogen and oxygen atoms in total. The van der Waals surface area contributed by atoms with Crippen molar-refractivity contribution in [3.63, 3.8) is 0 Å². The molecule has 0 amide bonds. The molecule has 1 aliphatic rings. The molecule has 0 saturated carbocycles. The number of hydrogen-bond donors (Lipinski definition) is 1. The van der Waals surface area contributed by atoms with Gasteiger partial charge < -0.3 is 29.2 Å². The van der Waals surface area contributed by atoms with Crippen molar-refractivity contribution < 1.29 is 23.7 Å². The van der Waals surface area contributed by atoms with Gasteiger partial charge in [0.2, 0.25) is 0 Å². The molecule has 1 aromatic carbocycles. The smallest absolute Gasteiger partial charge is 0.338 e. The number of methoxy groups -OCH3 is 3. The molecule has 0 aliphatic carbocycles. The highest BCUT2D eigenvalue weighted by Crippen LogP contribution is 2.35. The van der Waals surface area contributed by atoms with Crippen molar-refractivity contribution in [2.24, 2.45) is 0 Å². The summed E-state index contributed by atoms with van der Waals surface area (Å²) in [5.41, 5.74) is 2.04. The zero-order valence-corrected chi connectivity index (χ0v) is 16.4. The Morgan fingerprint density at radius 1 is 1.19 bits per heavy atom. The van der Waals surface area contributed by atoms with E-state index in [0.29, 0.717) is 28.8 Å². The molecule has 1 unspecified atom stereocenters. The predicted octanol–water partition coefficient (Wildman–Crippen LogP) is 2.03. The van der Waals surface area contributed by atoms with Gasteiger partial charge >= 0.3 is 5.97 Å². The third kappa shape index (κ3) is 4.08. The molecule has 0 fully saturated rings. The quantitative estimate of drug-likeness (QED) is 0.438. The van der Waals surface area contributed by atoms with Gasteiger partial charge in [-0.15, -0.1) is 0 Å². The summed E-state index contributed by atoms with van der Waals surface area (Å²) >= 11 is 5.39. The number of nitrogens with one attached hydrogen (secondary N) is 1. The van der Waals surface area contributed by atoms with Crippen LogP contribution in [0.3, 0.4) is 0 Å². The fourth-order valence-electron chi connectivity index (χ4n) is 2.68. The maximum absolute atomic E-state index is 12.7. The maximum atomic E-state index is 12.7. The van der Waals surface area contributed by atoms with Crippen LogP contribution in [-0.2, 0) is 14.3 Å². The van der Waals surface area contributed by atoms with Gasteiger partial charge in [0, 0.05) is 19.9 Å². The number of allylic oxidation sites excluding steroid dienone is 1. The average Bonchev–Trinajstić information content (AvgIpc) is 2.65. The van der Waals surface area contributed by atoms with Crippen molar-refractivity contribution in [1.29, 1.82) is 0 Å². The van der Waals surface area contributed by atoms with E-state index in [1.54, 1.807) is 39.3 Å². The first-order valence-electron chi connectivity index (χ1n) is 8.07. The lowest BCUT2D eigenvalue weighted by atomic mass is 9.95. The second-order valence-corrected chi connectivity index (χ2v) is 6.07. The van der Waals surface area contributed by atoms with Crippen LogP contribution in [0.2, 0.25) is 0 Å². The van der Waals surface area contributed by atoms with Gasteiger partial charge in [0.25, 0.3) is 0 Å². The fraction of sp³-hybridized carbons (Fsp3) is 0.444. The van der Waals surface area contributed by atoms with Gasteiger partial charge in [-0.3, -0.25) is 0 Å². The zero-order chi connectivity index (χ0) is 19.3. The number of nitrogens with zero attached hydrogens (tertiary/aromatic N) is 1. The lowest BCUT2D eigenvalue weighted by Crippen LogP contribution is -2.46. The molecular formula is C18H24N2O5S. The van der Waals surface area contributed by atoms with Crippen LogP contribution in [0, 0.1) is 0 Å². The average molecular weight is 380 g/mol. The van der Waals surface area contributed by atoms with E-state index in [-0.39, 0.29) is 6.61 Å². The Bertz CT molecular complexity index is 720. The highest BCUT2D eigenvalue weighted by atomic mass is 32.1. The van der Waals surface area contributed by atoms with Crippen LogP contribution in [0.1, 0.15) is 18.5 Å². The van der Waals surface area contributed by atoms with Crippen molar-refractivity contribution in [1.82, 2.24) is 10.2 Å². The molecular weight excluding hydrogens is 356 g/mol. The minimum atomic E-state index is -0.450.